The molecule has 0 saturated heterocycles. The maximum Gasteiger partial charge on any atom is 0.249 e. The number of nitrogens with zero attached hydrogens (tertiary/aromatic N) is 2. The number of carbonyl (C=O) groups excluding carboxylic acids is 1. The molecule has 0 unspecified atom stereocenters. The summed E-state index contributed by atoms with van der Waals surface area (Å²) in [6.07, 6.45) is 0. The molecule has 0 fully saturated rings. The zero-order chi connectivity index (χ0) is 20.6. The van der Waals surface area contributed by atoms with Crippen molar-refractivity contribution in [2.45, 2.75) is 19.6 Å². The van der Waals surface area contributed by atoms with Crippen LogP contribution in [0, 0.1) is 0 Å². The highest BCUT2D eigenvalue weighted by molar-refractivity contribution is 5.77. The monoisotopic (exact) mass is 397 g/mol. The molecule has 0 spiro atoms. The molecule has 1 amide bonds. The van der Waals surface area contributed by atoms with E-state index >= 15 is 0 Å². The van der Waals surface area contributed by atoms with Gasteiger partial charge in [0.1, 0.15) is 24.1 Å². The molecule has 0 aliphatic rings. The molecule has 0 aliphatic carbocycles. The first-order chi connectivity index (χ1) is 14.1. The molecule has 0 bridgehead atoms. The molecule has 1 atom stereocenters. The Morgan fingerprint density at radius 2 is 1.79 bits per heavy atom. The average molecular weight is 397 g/mol. The summed E-state index contributed by atoms with van der Waals surface area (Å²) in [7, 11) is 3.13. The lowest BCUT2D eigenvalue weighted by molar-refractivity contribution is -0.126. The van der Waals surface area contributed by atoms with Gasteiger partial charge in [-0.25, -0.2) is 0 Å². The number of rotatable bonds is 9. The van der Waals surface area contributed by atoms with Gasteiger partial charge in [0.15, 0.2) is 0 Å². The predicted octanol–water partition coefficient (Wildman–Crippen LogP) is 3.15. The minimum Gasteiger partial charge on any atom is -0.497 e. The number of nitrogens with one attached hydrogen (secondary N) is 1. The van der Waals surface area contributed by atoms with Crippen LogP contribution in [0.1, 0.15) is 24.4 Å². The van der Waals surface area contributed by atoms with Gasteiger partial charge in [-0.05, 0) is 24.6 Å². The summed E-state index contributed by atoms with van der Waals surface area (Å²) in [5, 5.41) is 6.77. The van der Waals surface area contributed by atoms with Crippen LogP contribution in [0.25, 0.3) is 11.4 Å². The van der Waals surface area contributed by atoms with Crippen LogP contribution < -0.4 is 14.8 Å². The van der Waals surface area contributed by atoms with Gasteiger partial charge in [-0.2, -0.15) is 4.98 Å². The molecule has 1 heterocycles. The van der Waals surface area contributed by atoms with Crippen LogP contribution in [0.5, 0.6) is 11.5 Å². The molecule has 29 heavy (non-hydrogen) atoms. The summed E-state index contributed by atoms with van der Waals surface area (Å²) in [5.41, 5.74) is 1.68. The van der Waals surface area contributed by atoms with Crippen molar-refractivity contribution in [2.75, 3.05) is 20.8 Å². The van der Waals surface area contributed by atoms with Crippen molar-refractivity contribution in [1.82, 2.24) is 15.5 Å². The van der Waals surface area contributed by atoms with E-state index in [1.165, 1.54) is 0 Å². The molecular weight excluding hydrogens is 374 g/mol. The van der Waals surface area contributed by atoms with E-state index in [2.05, 4.69) is 15.5 Å². The van der Waals surface area contributed by atoms with E-state index in [1.807, 2.05) is 30.3 Å². The third kappa shape index (κ3) is 5.55. The van der Waals surface area contributed by atoms with Crippen LogP contribution in [-0.2, 0) is 16.1 Å². The second kappa shape index (κ2) is 9.70. The summed E-state index contributed by atoms with van der Waals surface area (Å²) in [4.78, 5) is 16.5. The van der Waals surface area contributed by atoms with Gasteiger partial charge in [-0.1, -0.05) is 35.5 Å². The summed E-state index contributed by atoms with van der Waals surface area (Å²) >= 11 is 0. The van der Waals surface area contributed by atoms with Crippen LogP contribution in [-0.4, -0.2) is 36.9 Å². The van der Waals surface area contributed by atoms with Gasteiger partial charge < -0.3 is 24.1 Å². The molecule has 3 rings (SSSR count). The molecule has 0 saturated carbocycles. The quantitative estimate of drug-likeness (QED) is 0.592. The number of amides is 1. The van der Waals surface area contributed by atoms with Gasteiger partial charge in [0.05, 0.1) is 20.8 Å². The van der Waals surface area contributed by atoms with Crippen molar-refractivity contribution in [3.05, 3.63) is 60.0 Å². The highest BCUT2D eigenvalue weighted by Gasteiger charge is 2.18. The Balaban J connectivity index is 1.57. The Morgan fingerprint density at radius 1 is 1.10 bits per heavy atom. The minimum absolute atomic E-state index is 0.0622. The summed E-state index contributed by atoms with van der Waals surface area (Å²) < 4.78 is 21.3. The van der Waals surface area contributed by atoms with E-state index in [4.69, 9.17) is 18.7 Å². The smallest absolute Gasteiger partial charge is 0.249 e. The van der Waals surface area contributed by atoms with E-state index < -0.39 is 6.04 Å². The Hall–Kier alpha value is -3.39. The van der Waals surface area contributed by atoms with Crippen LogP contribution in [0.4, 0.5) is 0 Å². The SMILES string of the molecule is COc1cc(OC)cc(-c2noc([C@@H](C)NC(=O)COCc3ccccc3)n2)c1. The van der Waals surface area contributed by atoms with Gasteiger partial charge in [0.25, 0.3) is 0 Å². The first-order valence-electron chi connectivity index (χ1n) is 9.07. The van der Waals surface area contributed by atoms with Crippen molar-refractivity contribution in [1.29, 1.82) is 0 Å². The molecule has 0 radical (unpaired) electrons. The number of aromatic nitrogens is 2. The fourth-order valence-electron chi connectivity index (χ4n) is 2.65. The van der Waals surface area contributed by atoms with Crippen LogP contribution in [0.3, 0.4) is 0 Å². The number of hydrogen-bond acceptors (Lipinski definition) is 7. The summed E-state index contributed by atoms with van der Waals surface area (Å²) in [6, 6.07) is 14.5. The van der Waals surface area contributed by atoms with Gasteiger partial charge in [-0.15, -0.1) is 0 Å². The van der Waals surface area contributed by atoms with Gasteiger partial charge in [0, 0.05) is 11.6 Å². The zero-order valence-electron chi connectivity index (χ0n) is 16.5. The number of hydrogen-bond donors (Lipinski definition) is 1. The first-order valence-corrected chi connectivity index (χ1v) is 9.07. The molecular formula is C21H23N3O5. The molecule has 8 heteroatoms. The molecule has 0 aliphatic heterocycles. The minimum atomic E-state index is -0.462. The van der Waals surface area contributed by atoms with Crippen molar-refractivity contribution in [3.63, 3.8) is 0 Å². The third-order valence-electron chi connectivity index (χ3n) is 4.14. The first kappa shape index (κ1) is 20.3. The largest absolute Gasteiger partial charge is 0.497 e. The molecule has 3 aromatic rings. The lowest BCUT2D eigenvalue weighted by Crippen LogP contribution is -2.30. The second-order valence-electron chi connectivity index (χ2n) is 6.33. The number of methoxy groups -OCH3 is 2. The fourth-order valence-corrected chi connectivity index (χ4v) is 2.65. The van der Waals surface area contributed by atoms with Crippen LogP contribution >= 0.6 is 0 Å². The van der Waals surface area contributed by atoms with E-state index in [0.29, 0.717) is 29.5 Å². The lowest BCUT2D eigenvalue weighted by atomic mass is 10.2. The van der Waals surface area contributed by atoms with E-state index in [-0.39, 0.29) is 18.4 Å². The molecule has 1 N–H and O–H groups in total. The Kier molecular flexibility index (Phi) is 6.80. The third-order valence-corrected chi connectivity index (χ3v) is 4.14. The van der Waals surface area contributed by atoms with Gasteiger partial charge >= 0.3 is 0 Å². The Labute approximate surface area is 168 Å². The molecule has 152 valence electrons. The van der Waals surface area contributed by atoms with E-state index in [1.54, 1.807) is 39.3 Å². The zero-order valence-corrected chi connectivity index (χ0v) is 16.5. The summed E-state index contributed by atoms with van der Waals surface area (Å²) in [5.74, 6) is 1.62. The highest BCUT2D eigenvalue weighted by Crippen LogP contribution is 2.28. The standard InChI is InChI=1S/C21H23N3O5/c1-14(22-19(25)13-28-12-15-7-5-4-6-8-15)21-23-20(24-29-21)16-9-17(26-2)11-18(10-16)27-3/h4-11,14H,12-13H2,1-3H3,(H,22,25)/t14-/m1/s1. The summed E-state index contributed by atoms with van der Waals surface area (Å²) in [6.45, 7) is 2.07. The lowest BCUT2D eigenvalue weighted by Gasteiger charge is -2.10. The normalized spacial score (nSPS) is 11.7. The van der Waals surface area contributed by atoms with Crippen molar-refractivity contribution in [3.8, 4) is 22.9 Å². The topological polar surface area (TPSA) is 95.7 Å². The Bertz CT molecular complexity index is 920. The predicted molar refractivity (Wildman–Crippen MR) is 105 cm³/mol. The Morgan fingerprint density at radius 3 is 2.45 bits per heavy atom. The van der Waals surface area contributed by atoms with Gasteiger partial charge in [0.2, 0.25) is 17.6 Å². The number of benzene rings is 2. The fraction of sp³-hybridized carbons (Fsp3) is 0.286. The van der Waals surface area contributed by atoms with Crippen molar-refractivity contribution >= 4 is 5.91 Å². The van der Waals surface area contributed by atoms with Gasteiger partial charge in [-0.3, -0.25) is 4.79 Å². The van der Waals surface area contributed by atoms with E-state index in [0.717, 1.165) is 5.56 Å². The number of carbonyl (C=O) groups is 1. The maximum atomic E-state index is 12.1. The van der Waals surface area contributed by atoms with Crippen LogP contribution in [0.15, 0.2) is 53.1 Å². The van der Waals surface area contributed by atoms with E-state index in [9.17, 15) is 4.79 Å². The second-order valence-corrected chi connectivity index (χ2v) is 6.33. The average Bonchev–Trinajstić information content (AvgIpc) is 3.24. The highest BCUT2D eigenvalue weighted by atomic mass is 16.5. The molecule has 8 nitrogen and oxygen atoms in total. The van der Waals surface area contributed by atoms with Crippen molar-refractivity contribution in [2.24, 2.45) is 0 Å². The number of ether oxygens (including phenoxy) is 3. The van der Waals surface area contributed by atoms with Crippen LogP contribution in [0.2, 0.25) is 0 Å². The maximum absolute atomic E-state index is 12.1. The molecule has 1 aromatic heterocycles. The molecule has 2 aromatic carbocycles. The van der Waals surface area contributed by atoms with Crippen molar-refractivity contribution < 1.29 is 23.5 Å².